The molecule has 0 saturated heterocycles. The van der Waals surface area contributed by atoms with Gasteiger partial charge < -0.3 is 10.4 Å². The van der Waals surface area contributed by atoms with Gasteiger partial charge in [0, 0.05) is 18.7 Å². The lowest BCUT2D eigenvalue weighted by atomic mass is 9.99. The molecule has 1 fully saturated rings. The summed E-state index contributed by atoms with van der Waals surface area (Å²) in [4.78, 5) is 10.3. The van der Waals surface area contributed by atoms with E-state index in [9.17, 15) is 18.5 Å². The van der Waals surface area contributed by atoms with Crippen molar-refractivity contribution >= 4 is 21.4 Å². The van der Waals surface area contributed by atoms with Crippen LogP contribution >= 0.6 is 0 Å². The van der Waals surface area contributed by atoms with Crippen LogP contribution in [0.4, 0.5) is 11.4 Å². The lowest BCUT2D eigenvalue weighted by molar-refractivity contribution is -0.384. The van der Waals surface area contributed by atoms with Crippen molar-refractivity contribution in [2.45, 2.75) is 36.6 Å². The molecule has 1 aliphatic rings. The van der Waals surface area contributed by atoms with Crippen LogP contribution in [0.2, 0.25) is 0 Å². The standard InChI is InChI=1S/C13H19N3O5S/c14-22(20,21)10-4-5-12(13(8-10)16(18)19)15-11-3-1-2-9(11)6-7-17/h4-5,8-9,11,15,17H,1-3,6-7H2,(H2,14,20,21). The minimum Gasteiger partial charge on any atom is -0.396 e. The van der Waals surface area contributed by atoms with E-state index in [2.05, 4.69) is 5.32 Å². The van der Waals surface area contributed by atoms with Crippen LogP contribution in [-0.2, 0) is 10.0 Å². The predicted molar refractivity (Wildman–Crippen MR) is 80.9 cm³/mol. The molecule has 122 valence electrons. The normalized spacial score (nSPS) is 21.7. The number of hydrogen-bond acceptors (Lipinski definition) is 6. The van der Waals surface area contributed by atoms with Crippen LogP contribution in [-0.4, -0.2) is 31.1 Å². The maximum absolute atomic E-state index is 11.3. The highest BCUT2D eigenvalue weighted by Gasteiger charge is 2.29. The van der Waals surface area contributed by atoms with E-state index >= 15 is 0 Å². The van der Waals surface area contributed by atoms with Crippen LogP contribution in [0.3, 0.4) is 0 Å². The van der Waals surface area contributed by atoms with Crippen molar-refractivity contribution in [3.63, 3.8) is 0 Å². The summed E-state index contributed by atoms with van der Waals surface area (Å²) in [6.07, 6.45) is 3.45. The molecular weight excluding hydrogens is 310 g/mol. The van der Waals surface area contributed by atoms with Crippen molar-refractivity contribution in [3.05, 3.63) is 28.3 Å². The number of nitrogens with zero attached hydrogens (tertiary/aromatic N) is 1. The van der Waals surface area contributed by atoms with Crippen LogP contribution < -0.4 is 10.5 Å². The molecule has 1 aromatic carbocycles. The fraction of sp³-hybridized carbons (Fsp3) is 0.538. The van der Waals surface area contributed by atoms with Gasteiger partial charge in [-0.25, -0.2) is 13.6 Å². The van der Waals surface area contributed by atoms with Crippen LogP contribution in [0.1, 0.15) is 25.7 Å². The average Bonchev–Trinajstić information content (AvgIpc) is 2.85. The summed E-state index contributed by atoms with van der Waals surface area (Å²) in [5.74, 6) is 0.252. The second kappa shape index (κ2) is 6.59. The van der Waals surface area contributed by atoms with E-state index in [0.29, 0.717) is 6.42 Å². The number of nitro benzene ring substituents is 1. The molecule has 1 saturated carbocycles. The van der Waals surface area contributed by atoms with Gasteiger partial charge >= 0.3 is 0 Å². The van der Waals surface area contributed by atoms with Gasteiger partial charge in [-0.15, -0.1) is 0 Å². The zero-order valence-corrected chi connectivity index (χ0v) is 12.8. The van der Waals surface area contributed by atoms with Crippen molar-refractivity contribution in [2.75, 3.05) is 11.9 Å². The Hall–Kier alpha value is -1.71. The third kappa shape index (κ3) is 3.73. The molecule has 2 rings (SSSR count). The fourth-order valence-electron chi connectivity index (χ4n) is 2.90. The van der Waals surface area contributed by atoms with Crippen molar-refractivity contribution in [1.82, 2.24) is 0 Å². The number of nitro groups is 1. The van der Waals surface area contributed by atoms with Gasteiger partial charge in [-0.3, -0.25) is 10.1 Å². The molecule has 2 unspecified atom stereocenters. The van der Waals surface area contributed by atoms with E-state index in [1.165, 1.54) is 12.1 Å². The number of primary sulfonamides is 1. The molecule has 0 bridgehead atoms. The van der Waals surface area contributed by atoms with Crippen molar-refractivity contribution in [3.8, 4) is 0 Å². The number of aliphatic hydroxyl groups is 1. The number of nitrogens with one attached hydrogen (secondary N) is 1. The molecule has 0 amide bonds. The van der Waals surface area contributed by atoms with Crippen LogP contribution in [0.25, 0.3) is 0 Å². The third-order valence-corrected chi connectivity index (χ3v) is 4.91. The molecule has 0 aliphatic heterocycles. The maximum Gasteiger partial charge on any atom is 0.293 e. The number of sulfonamides is 1. The molecule has 0 aromatic heterocycles. The molecule has 0 heterocycles. The molecule has 0 spiro atoms. The molecule has 1 aliphatic carbocycles. The number of hydrogen-bond donors (Lipinski definition) is 3. The van der Waals surface area contributed by atoms with Gasteiger partial charge in [0.05, 0.1) is 9.82 Å². The molecule has 22 heavy (non-hydrogen) atoms. The molecule has 0 radical (unpaired) electrons. The van der Waals surface area contributed by atoms with Gasteiger partial charge in [-0.1, -0.05) is 6.42 Å². The number of nitrogens with two attached hydrogens (primary N) is 1. The van der Waals surface area contributed by atoms with E-state index in [0.717, 1.165) is 25.3 Å². The fourth-order valence-corrected chi connectivity index (χ4v) is 3.43. The Morgan fingerprint density at radius 2 is 2.14 bits per heavy atom. The van der Waals surface area contributed by atoms with E-state index in [-0.39, 0.29) is 34.8 Å². The summed E-state index contributed by atoms with van der Waals surface area (Å²) in [6.45, 7) is 0.0787. The number of anilines is 1. The smallest absolute Gasteiger partial charge is 0.293 e. The van der Waals surface area contributed by atoms with Crippen molar-refractivity contribution < 1.29 is 18.4 Å². The Labute approximate surface area is 128 Å². The summed E-state index contributed by atoms with van der Waals surface area (Å²) >= 11 is 0. The van der Waals surface area contributed by atoms with Crippen LogP contribution in [0.15, 0.2) is 23.1 Å². The first-order valence-electron chi connectivity index (χ1n) is 7.01. The number of aliphatic hydroxyl groups excluding tert-OH is 1. The van der Waals surface area contributed by atoms with Gasteiger partial charge in [0.25, 0.3) is 5.69 Å². The lowest BCUT2D eigenvalue weighted by Crippen LogP contribution is -2.25. The average molecular weight is 329 g/mol. The van der Waals surface area contributed by atoms with Crippen molar-refractivity contribution in [2.24, 2.45) is 11.1 Å². The summed E-state index contributed by atoms with van der Waals surface area (Å²) in [5.41, 5.74) is -0.0478. The van der Waals surface area contributed by atoms with Gasteiger partial charge in [0.2, 0.25) is 10.0 Å². The predicted octanol–water partition coefficient (Wildman–Crippen LogP) is 1.21. The minimum atomic E-state index is -3.99. The minimum absolute atomic E-state index is 0.0335. The van der Waals surface area contributed by atoms with Crippen LogP contribution in [0.5, 0.6) is 0 Å². The van der Waals surface area contributed by atoms with E-state index < -0.39 is 14.9 Å². The molecule has 9 heteroatoms. The van der Waals surface area contributed by atoms with E-state index in [1.54, 1.807) is 0 Å². The van der Waals surface area contributed by atoms with Crippen molar-refractivity contribution in [1.29, 1.82) is 0 Å². The Bertz CT molecular complexity index is 662. The topological polar surface area (TPSA) is 136 Å². The molecular formula is C13H19N3O5S. The van der Waals surface area contributed by atoms with Gasteiger partial charge in [0.15, 0.2) is 0 Å². The van der Waals surface area contributed by atoms with Gasteiger partial charge in [-0.2, -0.15) is 0 Å². The first-order valence-corrected chi connectivity index (χ1v) is 8.56. The quantitative estimate of drug-likeness (QED) is 0.530. The highest BCUT2D eigenvalue weighted by Crippen LogP contribution is 2.34. The number of benzene rings is 1. The largest absolute Gasteiger partial charge is 0.396 e. The lowest BCUT2D eigenvalue weighted by Gasteiger charge is -2.21. The summed E-state index contributed by atoms with van der Waals surface area (Å²) < 4.78 is 22.6. The second-order valence-corrected chi connectivity index (χ2v) is 7.00. The Morgan fingerprint density at radius 3 is 2.73 bits per heavy atom. The molecule has 8 nitrogen and oxygen atoms in total. The molecule has 1 aromatic rings. The zero-order chi connectivity index (χ0) is 16.3. The Kier molecular flexibility index (Phi) is 4.99. The second-order valence-electron chi connectivity index (χ2n) is 5.44. The van der Waals surface area contributed by atoms with Crippen LogP contribution in [0, 0.1) is 16.0 Å². The SMILES string of the molecule is NS(=O)(=O)c1ccc(NC2CCCC2CCO)c([N+](=O)[O-])c1. The maximum atomic E-state index is 11.3. The first-order chi connectivity index (χ1) is 10.3. The molecule has 4 N–H and O–H groups in total. The highest BCUT2D eigenvalue weighted by atomic mass is 32.2. The van der Waals surface area contributed by atoms with E-state index in [4.69, 9.17) is 10.2 Å². The Morgan fingerprint density at radius 1 is 1.41 bits per heavy atom. The third-order valence-electron chi connectivity index (χ3n) is 3.99. The number of rotatable bonds is 6. The van der Waals surface area contributed by atoms with E-state index in [1.807, 2.05) is 0 Å². The van der Waals surface area contributed by atoms with Gasteiger partial charge in [0.1, 0.15) is 5.69 Å². The summed E-state index contributed by atoms with van der Waals surface area (Å²) in [7, 11) is -3.99. The highest BCUT2D eigenvalue weighted by molar-refractivity contribution is 7.89. The molecule has 2 atom stereocenters. The first kappa shape index (κ1) is 16.7. The monoisotopic (exact) mass is 329 g/mol. The van der Waals surface area contributed by atoms with Gasteiger partial charge in [-0.05, 0) is 37.3 Å². The zero-order valence-electron chi connectivity index (χ0n) is 11.9. The Balaban J connectivity index is 2.29. The summed E-state index contributed by atoms with van der Waals surface area (Å²) in [6, 6.07) is 3.62. The summed E-state index contributed by atoms with van der Waals surface area (Å²) in [5, 5.41) is 28.4.